The average molecular weight is 196 g/mol. The fourth-order valence-electron chi connectivity index (χ4n) is 1.27. The smallest absolute Gasteiger partial charge is 0.341 e. The minimum Gasteiger partial charge on any atom is -0.468 e. The Balaban J connectivity index is 2.86. The Labute approximate surface area is 84.1 Å². The predicted molar refractivity (Wildman–Crippen MR) is 53.4 cm³/mol. The maximum atomic E-state index is 11.5. The molecule has 0 aliphatic heterocycles. The first-order valence-electron chi connectivity index (χ1n) is 4.95. The van der Waals surface area contributed by atoms with Crippen LogP contribution in [0.2, 0.25) is 0 Å². The largest absolute Gasteiger partial charge is 0.468 e. The molecule has 0 saturated carbocycles. The van der Waals surface area contributed by atoms with E-state index in [0.29, 0.717) is 12.2 Å². The number of rotatable bonds is 4. The number of ether oxygens (including phenoxy) is 1. The second-order valence-corrected chi connectivity index (χ2v) is 3.23. The zero-order chi connectivity index (χ0) is 10.6. The molecular weight excluding hydrogens is 180 g/mol. The molecule has 0 aliphatic carbocycles. The molecule has 0 saturated heterocycles. The molecule has 1 unspecified atom stereocenters. The molecule has 0 N–H and O–H groups in total. The summed E-state index contributed by atoms with van der Waals surface area (Å²) >= 11 is 0. The molecule has 1 heterocycles. The summed E-state index contributed by atoms with van der Waals surface area (Å²) in [4.78, 5) is 11.5. The molecule has 1 atom stereocenters. The van der Waals surface area contributed by atoms with Crippen molar-refractivity contribution in [1.82, 2.24) is 0 Å². The van der Waals surface area contributed by atoms with Crippen molar-refractivity contribution in [3.05, 3.63) is 23.7 Å². The van der Waals surface area contributed by atoms with Gasteiger partial charge < -0.3 is 9.15 Å². The Hall–Kier alpha value is -1.25. The quantitative estimate of drug-likeness (QED) is 0.695. The highest BCUT2D eigenvalue weighted by Gasteiger charge is 2.19. The SMILES string of the molecule is CCOC(=O)c1ccoc1C(C)CC. The number of hydrogen-bond donors (Lipinski definition) is 0. The Kier molecular flexibility index (Phi) is 3.74. The monoisotopic (exact) mass is 196 g/mol. The fourth-order valence-corrected chi connectivity index (χ4v) is 1.27. The summed E-state index contributed by atoms with van der Waals surface area (Å²) in [6, 6.07) is 1.67. The minimum atomic E-state index is -0.295. The minimum absolute atomic E-state index is 0.254. The molecular formula is C11H16O3. The van der Waals surface area contributed by atoms with Crippen molar-refractivity contribution < 1.29 is 13.9 Å². The van der Waals surface area contributed by atoms with Crippen LogP contribution in [0.3, 0.4) is 0 Å². The fraction of sp³-hybridized carbons (Fsp3) is 0.545. The number of furan rings is 1. The molecule has 0 fully saturated rings. The van der Waals surface area contributed by atoms with Crippen LogP contribution in [0.25, 0.3) is 0 Å². The van der Waals surface area contributed by atoms with E-state index < -0.39 is 0 Å². The third kappa shape index (κ3) is 2.16. The van der Waals surface area contributed by atoms with Crippen molar-refractivity contribution in [2.45, 2.75) is 33.1 Å². The van der Waals surface area contributed by atoms with Crippen molar-refractivity contribution >= 4 is 5.97 Å². The van der Waals surface area contributed by atoms with Crippen LogP contribution in [0.5, 0.6) is 0 Å². The van der Waals surface area contributed by atoms with Crippen LogP contribution in [-0.4, -0.2) is 12.6 Å². The lowest BCUT2D eigenvalue weighted by molar-refractivity contribution is 0.0523. The van der Waals surface area contributed by atoms with Gasteiger partial charge in [-0.3, -0.25) is 0 Å². The molecule has 0 aromatic carbocycles. The zero-order valence-corrected chi connectivity index (χ0v) is 8.87. The van der Waals surface area contributed by atoms with Gasteiger partial charge in [0.1, 0.15) is 11.3 Å². The molecule has 78 valence electrons. The van der Waals surface area contributed by atoms with Gasteiger partial charge in [-0.1, -0.05) is 13.8 Å². The van der Waals surface area contributed by atoms with E-state index in [9.17, 15) is 4.79 Å². The zero-order valence-electron chi connectivity index (χ0n) is 8.87. The summed E-state index contributed by atoms with van der Waals surface area (Å²) < 4.78 is 10.2. The van der Waals surface area contributed by atoms with Gasteiger partial charge in [-0.2, -0.15) is 0 Å². The van der Waals surface area contributed by atoms with Crippen molar-refractivity contribution in [1.29, 1.82) is 0 Å². The first-order valence-corrected chi connectivity index (χ1v) is 4.95. The molecule has 1 aromatic heterocycles. The van der Waals surface area contributed by atoms with E-state index in [1.165, 1.54) is 6.26 Å². The van der Waals surface area contributed by atoms with Gasteiger partial charge in [0.2, 0.25) is 0 Å². The van der Waals surface area contributed by atoms with Crippen LogP contribution in [0.1, 0.15) is 49.2 Å². The molecule has 0 amide bonds. The molecule has 1 rings (SSSR count). The summed E-state index contributed by atoms with van der Waals surface area (Å²) in [7, 11) is 0. The highest BCUT2D eigenvalue weighted by atomic mass is 16.5. The van der Waals surface area contributed by atoms with Crippen LogP contribution in [0, 0.1) is 0 Å². The van der Waals surface area contributed by atoms with Crippen molar-refractivity contribution in [2.24, 2.45) is 0 Å². The molecule has 0 aliphatic rings. The maximum absolute atomic E-state index is 11.5. The van der Waals surface area contributed by atoms with E-state index in [1.54, 1.807) is 13.0 Å². The average Bonchev–Trinajstić information content (AvgIpc) is 2.65. The first kappa shape index (κ1) is 10.8. The summed E-state index contributed by atoms with van der Waals surface area (Å²) in [5.41, 5.74) is 0.557. The van der Waals surface area contributed by atoms with Crippen LogP contribution >= 0.6 is 0 Å². The van der Waals surface area contributed by atoms with Gasteiger partial charge in [0.15, 0.2) is 0 Å². The number of carbonyl (C=O) groups is 1. The predicted octanol–water partition coefficient (Wildman–Crippen LogP) is 2.97. The van der Waals surface area contributed by atoms with Crippen LogP contribution in [0.15, 0.2) is 16.7 Å². The first-order chi connectivity index (χ1) is 6.70. The summed E-state index contributed by atoms with van der Waals surface area (Å²) in [6.07, 6.45) is 2.48. The van der Waals surface area contributed by atoms with E-state index in [1.807, 2.05) is 6.92 Å². The maximum Gasteiger partial charge on any atom is 0.341 e. The van der Waals surface area contributed by atoms with Crippen molar-refractivity contribution in [3.8, 4) is 0 Å². The van der Waals surface area contributed by atoms with E-state index in [-0.39, 0.29) is 11.9 Å². The summed E-state index contributed by atoms with van der Waals surface area (Å²) in [5.74, 6) is 0.687. The van der Waals surface area contributed by atoms with Gasteiger partial charge in [0, 0.05) is 5.92 Å². The molecule has 0 spiro atoms. The lowest BCUT2D eigenvalue weighted by atomic mass is 10.0. The Bertz CT molecular complexity index is 301. The molecule has 14 heavy (non-hydrogen) atoms. The standard InChI is InChI=1S/C11H16O3/c1-4-8(3)10-9(6-7-14-10)11(12)13-5-2/h6-8H,4-5H2,1-3H3. The van der Waals surface area contributed by atoms with Crippen LogP contribution in [-0.2, 0) is 4.74 Å². The van der Waals surface area contributed by atoms with Gasteiger partial charge in [-0.05, 0) is 19.4 Å². The van der Waals surface area contributed by atoms with Crippen LogP contribution in [0.4, 0.5) is 0 Å². The third-order valence-electron chi connectivity index (χ3n) is 2.25. The second-order valence-electron chi connectivity index (χ2n) is 3.23. The molecule has 0 radical (unpaired) electrons. The van der Waals surface area contributed by atoms with Gasteiger partial charge in [0.25, 0.3) is 0 Å². The Morgan fingerprint density at radius 2 is 2.29 bits per heavy atom. The summed E-state index contributed by atoms with van der Waals surface area (Å²) in [5, 5.41) is 0. The van der Waals surface area contributed by atoms with Crippen molar-refractivity contribution in [3.63, 3.8) is 0 Å². The lowest BCUT2D eigenvalue weighted by Crippen LogP contribution is -2.07. The number of hydrogen-bond acceptors (Lipinski definition) is 3. The normalized spacial score (nSPS) is 12.5. The molecule has 0 bridgehead atoms. The number of carbonyl (C=O) groups excluding carboxylic acids is 1. The topological polar surface area (TPSA) is 39.4 Å². The highest BCUT2D eigenvalue weighted by molar-refractivity contribution is 5.90. The molecule has 3 nitrogen and oxygen atoms in total. The Morgan fingerprint density at radius 3 is 2.86 bits per heavy atom. The van der Waals surface area contributed by atoms with Gasteiger partial charge in [-0.25, -0.2) is 4.79 Å². The summed E-state index contributed by atoms with van der Waals surface area (Å²) in [6.45, 7) is 6.27. The van der Waals surface area contributed by atoms with Gasteiger partial charge >= 0.3 is 5.97 Å². The van der Waals surface area contributed by atoms with Gasteiger partial charge in [-0.15, -0.1) is 0 Å². The van der Waals surface area contributed by atoms with Crippen LogP contribution < -0.4 is 0 Å². The second kappa shape index (κ2) is 4.84. The van der Waals surface area contributed by atoms with E-state index >= 15 is 0 Å². The Morgan fingerprint density at radius 1 is 1.57 bits per heavy atom. The molecule has 1 aromatic rings. The number of esters is 1. The van der Waals surface area contributed by atoms with Gasteiger partial charge in [0.05, 0.1) is 12.9 Å². The van der Waals surface area contributed by atoms with Crippen molar-refractivity contribution in [2.75, 3.05) is 6.61 Å². The third-order valence-corrected chi connectivity index (χ3v) is 2.25. The highest BCUT2D eigenvalue weighted by Crippen LogP contribution is 2.24. The van der Waals surface area contributed by atoms with E-state index in [0.717, 1.165) is 12.2 Å². The lowest BCUT2D eigenvalue weighted by Gasteiger charge is -2.07. The van der Waals surface area contributed by atoms with E-state index in [2.05, 4.69) is 6.92 Å². The van der Waals surface area contributed by atoms with E-state index in [4.69, 9.17) is 9.15 Å². The molecule has 3 heteroatoms.